The summed E-state index contributed by atoms with van der Waals surface area (Å²) in [6.07, 6.45) is -0.00352. The highest BCUT2D eigenvalue weighted by Gasteiger charge is 2.25. The number of ether oxygens (including phenoxy) is 1. The molecule has 0 aliphatic carbocycles. The van der Waals surface area contributed by atoms with Crippen LogP contribution in [0.2, 0.25) is 10.0 Å². The van der Waals surface area contributed by atoms with Crippen molar-refractivity contribution in [2.45, 2.75) is 26.0 Å². The van der Waals surface area contributed by atoms with Gasteiger partial charge in [0.25, 0.3) is 0 Å². The van der Waals surface area contributed by atoms with Crippen LogP contribution in [0.1, 0.15) is 25.5 Å². The lowest BCUT2D eigenvalue weighted by molar-refractivity contribution is -0.00705. The molecule has 1 aromatic rings. The van der Waals surface area contributed by atoms with Gasteiger partial charge in [-0.3, -0.25) is 0 Å². The third-order valence-electron chi connectivity index (χ3n) is 3.18. The Morgan fingerprint density at radius 2 is 2.12 bits per heavy atom. The minimum Gasteiger partial charge on any atom is -0.371 e. The summed E-state index contributed by atoms with van der Waals surface area (Å²) in [7, 11) is 0. The average Bonchev–Trinajstić information content (AvgIpc) is 2.33. The Morgan fingerprint density at radius 3 is 2.71 bits per heavy atom. The van der Waals surface area contributed by atoms with Gasteiger partial charge in [0, 0.05) is 18.2 Å². The first-order valence-electron chi connectivity index (χ1n) is 5.88. The van der Waals surface area contributed by atoms with Gasteiger partial charge in [0.15, 0.2) is 0 Å². The van der Waals surface area contributed by atoms with Gasteiger partial charge in [-0.15, -0.1) is 0 Å². The van der Waals surface area contributed by atoms with Gasteiger partial charge in [-0.25, -0.2) is 0 Å². The Labute approximate surface area is 112 Å². The van der Waals surface area contributed by atoms with Gasteiger partial charge in [-0.05, 0) is 12.0 Å². The smallest absolute Gasteiger partial charge is 0.0965 e. The van der Waals surface area contributed by atoms with E-state index in [1.807, 2.05) is 12.1 Å². The number of hydrogen-bond donors (Lipinski definition) is 1. The summed E-state index contributed by atoms with van der Waals surface area (Å²) in [5, 5.41) is 4.67. The predicted octanol–water partition coefficient (Wildman–Crippen LogP) is 3.68. The van der Waals surface area contributed by atoms with E-state index in [4.69, 9.17) is 27.9 Å². The number of rotatable bonds is 2. The van der Waals surface area contributed by atoms with Crippen molar-refractivity contribution < 1.29 is 4.74 Å². The molecule has 1 aliphatic heterocycles. The first-order chi connectivity index (χ1) is 8.09. The standard InChI is InChI=1S/C13H17Cl2NO/c1-8(2)11-7-17-12(6-16-11)9-4-3-5-10(14)13(9)15/h3-5,8,11-12,16H,6-7H2,1-2H3. The van der Waals surface area contributed by atoms with E-state index in [-0.39, 0.29) is 6.10 Å². The minimum absolute atomic E-state index is 0.00352. The first kappa shape index (κ1) is 13.2. The van der Waals surface area contributed by atoms with Crippen LogP contribution in [0.15, 0.2) is 18.2 Å². The van der Waals surface area contributed by atoms with Crippen molar-refractivity contribution in [2.24, 2.45) is 5.92 Å². The zero-order valence-electron chi connectivity index (χ0n) is 10.0. The number of hydrogen-bond acceptors (Lipinski definition) is 2. The summed E-state index contributed by atoms with van der Waals surface area (Å²) in [5.74, 6) is 0.575. The average molecular weight is 274 g/mol. The van der Waals surface area contributed by atoms with Gasteiger partial charge in [-0.2, -0.15) is 0 Å². The minimum atomic E-state index is -0.00352. The molecule has 1 saturated heterocycles. The van der Waals surface area contributed by atoms with Crippen molar-refractivity contribution in [2.75, 3.05) is 13.2 Å². The van der Waals surface area contributed by atoms with Gasteiger partial charge in [0.2, 0.25) is 0 Å². The van der Waals surface area contributed by atoms with Crippen molar-refractivity contribution in [3.05, 3.63) is 33.8 Å². The van der Waals surface area contributed by atoms with Crippen molar-refractivity contribution in [3.8, 4) is 0 Å². The van der Waals surface area contributed by atoms with Crippen LogP contribution in [0.25, 0.3) is 0 Å². The third-order valence-corrected chi connectivity index (χ3v) is 4.01. The Hall–Kier alpha value is -0.280. The van der Waals surface area contributed by atoms with Gasteiger partial charge in [-0.1, -0.05) is 49.2 Å². The van der Waals surface area contributed by atoms with Crippen LogP contribution in [0.4, 0.5) is 0 Å². The first-order valence-corrected chi connectivity index (χ1v) is 6.64. The van der Waals surface area contributed by atoms with E-state index >= 15 is 0 Å². The van der Waals surface area contributed by atoms with Gasteiger partial charge >= 0.3 is 0 Å². The van der Waals surface area contributed by atoms with Crippen LogP contribution in [-0.4, -0.2) is 19.2 Å². The van der Waals surface area contributed by atoms with E-state index < -0.39 is 0 Å². The van der Waals surface area contributed by atoms with Crippen LogP contribution in [-0.2, 0) is 4.74 Å². The predicted molar refractivity (Wildman–Crippen MR) is 71.8 cm³/mol. The Bertz CT molecular complexity index is 387. The van der Waals surface area contributed by atoms with E-state index in [2.05, 4.69) is 19.2 Å². The molecule has 0 aromatic heterocycles. The van der Waals surface area contributed by atoms with Gasteiger partial charge < -0.3 is 10.1 Å². The monoisotopic (exact) mass is 273 g/mol. The molecular formula is C13H17Cl2NO. The lowest BCUT2D eigenvalue weighted by atomic mass is 10.0. The molecule has 1 heterocycles. The summed E-state index contributed by atoms with van der Waals surface area (Å²) >= 11 is 12.2. The lowest BCUT2D eigenvalue weighted by Crippen LogP contribution is -2.45. The van der Waals surface area contributed by atoms with E-state index in [9.17, 15) is 0 Å². The molecule has 0 saturated carbocycles. The Morgan fingerprint density at radius 1 is 1.35 bits per heavy atom. The summed E-state index contributed by atoms with van der Waals surface area (Å²) in [4.78, 5) is 0. The molecule has 17 heavy (non-hydrogen) atoms. The maximum Gasteiger partial charge on any atom is 0.0965 e. The SMILES string of the molecule is CC(C)C1COC(c2cccc(Cl)c2Cl)CN1. The molecule has 0 amide bonds. The molecule has 0 radical (unpaired) electrons. The summed E-state index contributed by atoms with van der Waals surface area (Å²) < 4.78 is 5.87. The van der Waals surface area contributed by atoms with Crippen molar-refractivity contribution in [3.63, 3.8) is 0 Å². The molecule has 0 bridgehead atoms. The molecule has 4 heteroatoms. The van der Waals surface area contributed by atoms with Crippen LogP contribution >= 0.6 is 23.2 Å². The van der Waals surface area contributed by atoms with Gasteiger partial charge in [0.1, 0.15) is 0 Å². The normalized spacial score (nSPS) is 25.2. The largest absolute Gasteiger partial charge is 0.371 e. The fourth-order valence-corrected chi connectivity index (χ4v) is 2.42. The molecule has 94 valence electrons. The maximum atomic E-state index is 6.19. The quantitative estimate of drug-likeness (QED) is 0.888. The summed E-state index contributed by atoms with van der Waals surface area (Å²) in [5.41, 5.74) is 0.967. The molecule has 0 spiro atoms. The maximum absolute atomic E-state index is 6.19. The molecule has 1 aromatic carbocycles. The molecule has 1 fully saturated rings. The fraction of sp³-hybridized carbons (Fsp3) is 0.538. The van der Waals surface area contributed by atoms with Gasteiger partial charge in [0.05, 0.1) is 22.8 Å². The fourth-order valence-electron chi connectivity index (χ4n) is 1.99. The van der Waals surface area contributed by atoms with E-state index in [1.54, 1.807) is 6.07 Å². The molecule has 2 unspecified atom stereocenters. The zero-order valence-corrected chi connectivity index (χ0v) is 11.6. The summed E-state index contributed by atoms with van der Waals surface area (Å²) in [6.45, 7) is 5.87. The highest BCUT2D eigenvalue weighted by Crippen LogP contribution is 2.32. The number of benzene rings is 1. The highest BCUT2D eigenvalue weighted by molar-refractivity contribution is 6.42. The molecular weight excluding hydrogens is 257 g/mol. The number of halogens is 2. The second-order valence-corrected chi connectivity index (χ2v) is 5.51. The highest BCUT2D eigenvalue weighted by atomic mass is 35.5. The summed E-state index contributed by atoms with van der Waals surface area (Å²) in [6, 6.07) is 6.09. The van der Waals surface area contributed by atoms with Crippen molar-refractivity contribution in [1.82, 2.24) is 5.32 Å². The topological polar surface area (TPSA) is 21.3 Å². The Kier molecular flexibility index (Phi) is 4.31. The third kappa shape index (κ3) is 2.94. The second kappa shape index (κ2) is 5.57. The van der Waals surface area contributed by atoms with Crippen LogP contribution < -0.4 is 5.32 Å². The molecule has 2 atom stereocenters. The molecule has 2 nitrogen and oxygen atoms in total. The zero-order chi connectivity index (χ0) is 12.4. The van der Waals surface area contributed by atoms with E-state index in [1.165, 1.54) is 0 Å². The molecule has 2 rings (SSSR count). The lowest BCUT2D eigenvalue weighted by Gasteiger charge is -2.33. The van der Waals surface area contributed by atoms with E-state index in [0.717, 1.165) is 12.1 Å². The van der Waals surface area contributed by atoms with Crippen LogP contribution in [0.3, 0.4) is 0 Å². The molecule has 1 N–H and O–H groups in total. The van der Waals surface area contributed by atoms with Crippen LogP contribution in [0, 0.1) is 5.92 Å². The Balaban J connectivity index is 2.08. The number of nitrogens with one attached hydrogen (secondary N) is 1. The van der Waals surface area contributed by atoms with E-state index in [0.29, 0.717) is 28.6 Å². The molecule has 1 aliphatic rings. The second-order valence-electron chi connectivity index (χ2n) is 4.72. The van der Waals surface area contributed by atoms with Crippen LogP contribution in [0.5, 0.6) is 0 Å². The number of morpholine rings is 1. The van der Waals surface area contributed by atoms with Crippen molar-refractivity contribution >= 4 is 23.2 Å². The van der Waals surface area contributed by atoms with Crippen molar-refractivity contribution in [1.29, 1.82) is 0 Å².